The highest BCUT2D eigenvalue weighted by Gasteiger charge is 2.35. The molecule has 1 aromatic carbocycles. The number of piperidine rings is 1. The number of amides is 1. The van der Waals surface area contributed by atoms with Crippen LogP contribution in [0.1, 0.15) is 48.9 Å². The van der Waals surface area contributed by atoms with Gasteiger partial charge in [-0.25, -0.2) is 13.2 Å². The van der Waals surface area contributed by atoms with Crippen molar-refractivity contribution < 1.29 is 31.5 Å². The van der Waals surface area contributed by atoms with Gasteiger partial charge in [0, 0.05) is 37.6 Å². The molecular weight excluding hydrogens is 407 g/mol. The second kappa shape index (κ2) is 9.94. The zero-order valence-corrected chi connectivity index (χ0v) is 16.7. The van der Waals surface area contributed by atoms with Crippen LogP contribution in [0.2, 0.25) is 0 Å². The van der Waals surface area contributed by atoms with Crippen molar-refractivity contribution in [1.29, 1.82) is 0 Å². The van der Waals surface area contributed by atoms with E-state index in [1.165, 1.54) is 0 Å². The molecule has 1 N–H and O–H groups in total. The molecule has 1 saturated heterocycles. The maximum Gasteiger partial charge on any atom is 0.387 e. The van der Waals surface area contributed by atoms with E-state index < -0.39 is 30.0 Å². The molecule has 9 heteroatoms. The maximum atomic E-state index is 13.6. The van der Waals surface area contributed by atoms with Crippen molar-refractivity contribution in [3.63, 3.8) is 0 Å². The number of hydrogen-bond acceptors (Lipinski definition) is 3. The van der Waals surface area contributed by atoms with Gasteiger partial charge in [-0.1, -0.05) is 0 Å². The van der Waals surface area contributed by atoms with Gasteiger partial charge in [-0.3, -0.25) is 4.79 Å². The molecule has 1 heterocycles. The largest absolute Gasteiger partial charge is 0.435 e. The molecule has 0 spiro atoms. The average molecular weight is 434 g/mol. The average Bonchev–Trinajstić information content (AvgIpc) is 2.68. The Labute approximate surface area is 172 Å². The Bertz CT molecular complexity index is 713. The quantitative estimate of drug-likeness (QED) is 0.633. The van der Waals surface area contributed by atoms with Crippen LogP contribution in [0.15, 0.2) is 18.2 Å². The number of likely N-dealkylation sites (tertiary alicyclic amines) is 1. The third-order valence-corrected chi connectivity index (χ3v) is 5.97. The number of benzene rings is 1. The standard InChI is InChI=1S/C21H27F5N2O2/c22-17-9-16(10-18(11-17)30-20(23)24)19(29)27-12-14-3-7-28(8-4-14)13-15-1-5-21(25,26)6-2-15/h9-11,14-15,20H,1-8,12-13H2,(H,27,29). The highest BCUT2D eigenvalue weighted by Crippen LogP contribution is 2.36. The first-order valence-electron chi connectivity index (χ1n) is 10.3. The van der Waals surface area contributed by atoms with Gasteiger partial charge >= 0.3 is 6.61 Å². The molecule has 0 aromatic heterocycles. The van der Waals surface area contributed by atoms with Crippen molar-refractivity contribution >= 4 is 5.91 Å². The molecule has 0 bridgehead atoms. The Morgan fingerprint density at radius 3 is 2.40 bits per heavy atom. The molecule has 30 heavy (non-hydrogen) atoms. The predicted molar refractivity (Wildman–Crippen MR) is 101 cm³/mol. The molecule has 4 nitrogen and oxygen atoms in total. The normalized spacial score (nSPS) is 21.0. The zero-order valence-electron chi connectivity index (χ0n) is 16.7. The third-order valence-electron chi connectivity index (χ3n) is 5.97. The third kappa shape index (κ3) is 6.82. The van der Waals surface area contributed by atoms with E-state index in [1.54, 1.807) is 0 Å². The van der Waals surface area contributed by atoms with Gasteiger partial charge in [0.15, 0.2) is 0 Å². The first-order chi connectivity index (χ1) is 14.2. The number of alkyl halides is 4. The first-order valence-corrected chi connectivity index (χ1v) is 10.3. The van der Waals surface area contributed by atoms with Gasteiger partial charge in [0.1, 0.15) is 11.6 Å². The van der Waals surface area contributed by atoms with Crippen molar-refractivity contribution in [1.82, 2.24) is 10.2 Å². The number of carbonyl (C=O) groups is 1. The second-order valence-electron chi connectivity index (χ2n) is 8.31. The molecule has 2 fully saturated rings. The fraction of sp³-hybridized carbons (Fsp3) is 0.667. The Kier molecular flexibility index (Phi) is 7.55. The molecule has 0 atom stereocenters. The number of hydrogen-bond donors (Lipinski definition) is 1. The van der Waals surface area contributed by atoms with Crippen molar-refractivity contribution in [3.8, 4) is 5.75 Å². The number of rotatable bonds is 7. The topological polar surface area (TPSA) is 41.6 Å². The minimum absolute atomic E-state index is 0.0235. The SMILES string of the molecule is O=C(NCC1CCN(CC2CCC(F)(F)CC2)CC1)c1cc(F)cc(OC(F)F)c1. The Morgan fingerprint density at radius 2 is 1.77 bits per heavy atom. The Hall–Kier alpha value is -1.90. The fourth-order valence-electron chi connectivity index (χ4n) is 4.22. The number of ether oxygens (including phenoxy) is 1. The van der Waals surface area contributed by atoms with Gasteiger partial charge < -0.3 is 15.0 Å². The second-order valence-corrected chi connectivity index (χ2v) is 8.31. The lowest BCUT2D eigenvalue weighted by atomic mass is 9.85. The van der Waals surface area contributed by atoms with E-state index in [1.807, 2.05) is 0 Å². The van der Waals surface area contributed by atoms with Crippen LogP contribution in [0.25, 0.3) is 0 Å². The minimum atomic E-state index is -3.10. The fourth-order valence-corrected chi connectivity index (χ4v) is 4.22. The van der Waals surface area contributed by atoms with Gasteiger partial charge in [0.2, 0.25) is 5.92 Å². The van der Waals surface area contributed by atoms with Crippen LogP contribution in [-0.2, 0) is 0 Å². The lowest BCUT2D eigenvalue weighted by Crippen LogP contribution is -2.41. The van der Waals surface area contributed by atoms with Gasteiger partial charge in [0.05, 0.1) is 0 Å². The van der Waals surface area contributed by atoms with Crippen LogP contribution in [0.3, 0.4) is 0 Å². The molecule has 0 unspecified atom stereocenters. The molecule has 3 rings (SSSR count). The summed E-state index contributed by atoms with van der Waals surface area (Å²) < 4.78 is 68.9. The summed E-state index contributed by atoms with van der Waals surface area (Å²) >= 11 is 0. The van der Waals surface area contributed by atoms with E-state index in [4.69, 9.17) is 0 Å². The van der Waals surface area contributed by atoms with Gasteiger partial charge in [-0.05, 0) is 62.7 Å². The van der Waals surface area contributed by atoms with E-state index in [-0.39, 0.29) is 24.3 Å². The Morgan fingerprint density at radius 1 is 1.10 bits per heavy atom. The Balaban J connectivity index is 1.40. The number of carbonyl (C=O) groups excluding carboxylic acids is 1. The summed E-state index contributed by atoms with van der Waals surface area (Å²) in [5.74, 6) is -3.70. The zero-order chi connectivity index (χ0) is 21.7. The molecule has 1 saturated carbocycles. The summed E-state index contributed by atoms with van der Waals surface area (Å²) in [7, 11) is 0. The number of nitrogens with zero attached hydrogens (tertiary/aromatic N) is 1. The molecule has 0 radical (unpaired) electrons. The highest BCUT2D eigenvalue weighted by molar-refractivity contribution is 5.94. The lowest BCUT2D eigenvalue weighted by Gasteiger charge is -2.36. The molecule has 2 aliphatic rings. The minimum Gasteiger partial charge on any atom is -0.435 e. The van der Waals surface area contributed by atoms with E-state index in [0.29, 0.717) is 25.3 Å². The van der Waals surface area contributed by atoms with Gasteiger partial charge in [-0.15, -0.1) is 0 Å². The molecule has 1 aliphatic carbocycles. The molecule has 1 aliphatic heterocycles. The monoisotopic (exact) mass is 434 g/mol. The smallest absolute Gasteiger partial charge is 0.387 e. The first kappa shape index (κ1) is 22.8. The summed E-state index contributed by atoms with van der Waals surface area (Å²) in [6.45, 7) is -0.160. The van der Waals surface area contributed by atoms with Crippen molar-refractivity contribution in [2.45, 2.75) is 51.1 Å². The number of halogens is 5. The summed E-state index contributed by atoms with van der Waals surface area (Å²) in [6, 6.07) is 2.86. The highest BCUT2D eigenvalue weighted by atomic mass is 19.3. The van der Waals surface area contributed by atoms with E-state index in [9.17, 15) is 26.7 Å². The molecular formula is C21H27F5N2O2. The van der Waals surface area contributed by atoms with Crippen LogP contribution in [0, 0.1) is 17.7 Å². The van der Waals surface area contributed by atoms with Crippen LogP contribution in [-0.4, -0.2) is 49.5 Å². The summed E-state index contributed by atoms with van der Waals surface area (Å²) in [6.07, 6.45) is 2.81. The van der Waals surface area contributed by atoms with Crippen LogP contribution in [0.5, 0.6) is 5.75 Å². The van der Waals surface area contributed by atoms with Gasteiger partial charge in [-0.2, -0.15) is 8.78 Å². The summed E-state index contributed by atoms with van der Waals surface area (Å²) in [5.41, 5.74) is -0.0720. The molecule has 1 aromatic rings. The van der Waals surface area contributed by atoms with E-state index in [2.05, 4.69) is 15.0 Å². The predicted octanol–water partition coefficient (Wildman–Crippen LogP) is 4.69. The summed E-state index contributed by atoms with van der Waals surface area (Å²) in [4.78, 5) is 14.6. The van der Waals surface area contributed by atoms with Crippen molar-refractivity contribution in [3.05, 3.63) is 29.6 Å². The summed E-state index contributed by atoms with van der Waals surface area (Å²) in [5, 5.41) is 2.73. The van der Waals surface area contributed by atoms with Crippen LogP contribution in [0.4, 0.5) is 22.0 Å². The van der Waals surface area contributed by atoms with E-state index >= 15 is 0 Å². The van der Waals surface area contributed by atoms with Crippen molar-refractivity contribution in [2.24, 2.45) is 11.8 Å². The van der Waals surface area contributed by atoms with E-state index in [0.717, 1.165) is 50.7 Å². The maximum absolute atomic E-state index is 13.6. The number of nitrogens with one attached hydrogen (secondary N) is 1. The molecule has 168 valence electrons. The van der Waals surface area contributed by atoms with Crippen LogP contribution >= 0.6 is 0 Å². The lowest BCUT2D eigenvalue weighted by molar-refractivity contribution is -0.0504. The van der Waals surface area contributed by atoms with Gasteiger partial charge in [0.25, 0.3) is 5.91 Å². The van der Waals surface area contributed by atoms with Crippen molar-refractivity contribution in [2.75, 3.05) is 26.2 Å². The van der Waals surface area contributed by atoms with Crippen LogP contribution < -0.4 is 10.1 Å². The molecule has 1 amide bonds.